The number of hydrogen-bond acceptors (Lipinski definition) is 3. The Balaban J connectivity index is 1.06. The van der Waals surface area contributed by atoms with Gasteiger partial charge in [0.25, 0.3) is 0 Å². The third-order valence-electron chi connectivity index (χ3n) is 13.6. The van der Waals surface area contributed by atoms with E-state index in [1.165, 1.54) is 62.2 Å². The highest BCUT2D eigenvalue weighted by molar-refractivity contribution is 7.26. The maximum absolute atomic E-state index is 11.8. The zero-order chi connectivity index (χ0) is 43.5. The highest BCUT2D eigenvalue weighted by Crippen LogP contribution is 2.50. The molecule has 0 amide bonds. The van der Waals surface area contributed by atoms with Gasteiger partial charge in [0.05, 0.1) is 33.3 Å². The van der Waals surface area contributed by atoms with Crippen molar-refractivity contribution >= 4 is 107 Å². The minimum atomic E-state index is 0.650. The van der Waals surface area contributed by atoms with Crippen LogP contribution in [0.15, 0.2) is 212 Å². The lowest BCUT2D eigenvalue weighted by molar-refractivity contribution is 1.17. The predicted molar refractivity (Wildman–Crippen MR) is 282 cm³/mol. The lowest BCUT2D eigenvalue weighted by Crippen LogP contribution is -2.01. The van der Waals surface area contributed by atoms with Crippen LogP contribution in [0.4, 0.5) is 0 Å². The molecule has 0 atom stereocenters. The Bertz CT molecular complexity index is 4360. The summed E-state index contributed by atoms with van der Waals surface area (Å²) < 4.78 is 9.63. The summed E-state index contributed by atoms with van der Waals surface area (Å²) in [5, 5.41) is 21.4. The van der Waals surface area contributed by atoms with Gasteiger partial charge in [-0.15, -0.1) is 22.7 Å². The molecule has 306 valence electrons. The van der Waals surface area contributed by atoms with Gasteiger partial charge in [0, 0.05) is 78.7 Å². The molecule has 0 bridgehead atoms. The van der Waals surface area contributed by atoms with Gasteiger partial charge in [0.2, 0.25) is 0 Å². The summed E-state index contributed by atoms with van der Waals surface area (Å²) in [5.41, 5.74) is 13.6. The van der Waals surface area contributed by atoms with Gasteiger partial charge in [0.1, 0.15) is 6.07 Å². The minimum absolute atomic E-state index is 0.650. The van der Waals surface area contributed by atoms with Crippen LogP contribution in [-0.4, -0.2) is 9.13 Å². The monoisotopic (exact) mass is 873 g/mol. The van der Waals surface area contributed by atoms with Crippen LogP contribution in [-0.2, 0) is 0 Å². The van der Waals surface area contributed by atoms with Gasteiger partial charge in [-0.25, -0.2) is 0 Å². The minimum Gasteiger partial charge on any atom is -0.309 e. The molecule has 4 heterocycles. The van der Waals surface area contributed by atoms with Crippen LogP contribution in [0.5, 0.6) is 0 Å². The molecule has 0 aliphatic rings. The quantitative estimate of drug-likeness (QED) is 0.170. The van der Waals surface area contributed by atoms with Gasteiger partial charge in [-0.1, -0.05) is 146 Å². The van der Waals surface area contributed by atoms with Crippen molar-refractivity contribution in [1.29, 1.82) is 5.26 Å². The van der Waals surface area contributed by atoms with E-state index in [1.807, 2.05) is 22.7 Å². The molecule has 0 N–H and O–H groups in total. The van der Waals surface area contributed by atoms with Crippen LogP contribution < -0.4 is 0 Å². The van der Waals surface area contributed by atoms with Crippen molar-refractivity contribution in [2.75, 3.05) is 0 Å². The van der Waals surface area contributed by atoms with Crippen LogP contribution in [0.2, 0.25) is 0 Å². The second-order valence-corrected chi connectivity index (χ2v) is 19.2. The first-order valence-electron chi connectivity index (χ1n) is 22.2. The molecule has 0 saturated heterocycles. The van der Waals surface area contributed by atoms with Gasteiger partial charge in [-0.2, -0.15) is 5.26 Å². The molecule has 0 aliphatic carbocycles. The molecule has 4 aromatic heterocycles. The zero-order valence-electron chi connectivity index (χ0n) is 35.4. The largest absolute Gasteiger partial charge is 0.309 e. The fourth-order valence-electron chi connectivity index (χ4n) is 10.9. The zero-order valence-corrected chi connectivity index (χ0v) is 37.0. The molecule has 0 aliphatic heterocycles. The molecule has 14 rings (SSSR count). The highest BCUT2D eigenvalue weighted by atomic mass is 32.1. The molecule has 66 heavy (non-hydrogen) atoms. The van der Waals surface area contributed by atoms with Crippen molar-refractivity contribution in [2.45, 2.75) is 0 Å². The molecule has 3 nitrogen and oxygen atoms in total. The van der Waals surface area contributed by atoms with Crippen molar-refractivity contribution in [3.8, 4) is 50.8 Å². The number of para-hydroxylation sites is 3. The topological polar surface area (TPSA) is 33.6 Å². The van der Waals surface area contributed by atoms with Gasteiger partial charge in [0.15, 0.2) is 0 Å². The fourth-order valence-corrected chi connectivity index (χ4v) is 13.2. The number of hydrogen-bond donors (Lipinski definition) is 0. The first kappa shape index (κ1) is 37.1. The average molecular weight is 874 g/mol. The lowest BCUT2D eigenvalue weighted by atomic mass is 9.87. The number of fused-ring (bicyclic) bond motifs is 12. The summed E-state index contributed by atoms with van der Waals surface area (Å²) in [6.07, 6.45) is 0. The third kappa shape index (κ3) is 5.28. The Morgan fingerprint density at radius 3 is 1.80 bits per heavy atom. The number of rotatable bonds is 5. The van der Waals surface area contributed by atoms with Crippen LogP contribution >= 0.6 is 22.7 Å². The number of nitriles is 1. The summed E-state index contributed by atoms with van der Waals surface area (Å²) in [6, 6.07) is 79.5. The van der Waals surface area contributed by atoms with Gasteiger partial charge < -0.3 is 9.13 Å². The van der Waals surface area contributed by atoms with E-state index in [1.54, 1.807) is 0 Å². The molecule has 0 unspecified atom stereocenters. The second-order valence-electron chi connectivity index (χ2n) is 17.0. The highest BCUT2D eigenvalue weighted by Gasteiger charge is 2.26. The van der Waals surface area contributed by atoms with Gasteiger partial charge in [-0.3, -0.25) is 0 Å². The van der Waals surface area contributed by atoms with E-state index >= 15 is 0 Å². The first-order valence-corrected chi connectivity index (χ1v) is 23.9. The summed E-state index contributed by atoms with van der Waals surface area (Å²) in [6.45, 7) is 0. The van der Waals surface area contributed by atoms with Crippen LogP contribution in [0.1, 0.15) is 5.56 Å². The predicted octanol–water partition coefficient (Wildman–Crippen LogP) is 17.5. The van der Waals surface area contributed by atoms with E-state index in [9.17, 15) is 5.26 Å². The van der Waals surface area contributed by atoms with E-state index in [0.29, 0.717) is 5.56 Å². The number of benzene rings is 10. The van der Waals surface area contributed by atoms with E-state index < -0.39 is 0 Å². The fraction of sp³-hybridized carbons (Fsp3) is 0. The van der Waals surface area contributed by atoms with Gasteiger partial charge >= 0.3 is 0 Å². The van der Waals surface area contributed by atoms with E-state index in [4.69, 9.17) is 0 Å². The maximum Gasteiger partial charge on any atom is 0.102 e. The van der Waals surface area contributed by atoms with E-state index in [0.717, 1.165) is 66.6 Å². The van der Waals surface area contributed by atoms with Crippen molar-refractivity contribution in [3.63, 3.8) is 0 Å². The van der Waals surface area contributed by atoms with Crippen LogP contribution in [0.25, 0.3) is 129 Å². The number of aromatic nitrogens is 2. The Morgan fingerprint density at radius 2 is 0.970 bits per heavy atom. The van der Waals surface area contributed by atoms with E-state index in [-0.39, 0.29) is 0 Å². The standard InChI is InChI=1S/C61H35N3S2/c62-36-49-53(34-32-42(44-23-12-22-43-41-18-6-10-28-55(41)66-61(43)44)58(49)47-24-14-30-57-60(47)46-20-7-11-29-56(46)65-57)64-51-26-9-5-19-45(51)59-39(21-13-27-54(59)64)37-31-33-52-48(35-37)40-17-4-8-25-50(40)63(52)38-15-2-1-3-16-38/h1-35H. The lowest BCUT2D eigenvalue weighted by Gasteiger charge is -2.19. The van der Waals surface area contributed by atoms with Crippen molar-refractivity contribution in [3.05, 3.63) is 218 Å². The Morgan fingerprint density at radius 1 is 0.364 bits per heavy atom. The maximum atomic E-state index is 11.8. The van der Waals surface area contributed by atoms with Crippen LogP contribution in [0, 0.1) is 11.3 Å². The van der Waals surface area contributed by atoms with Crippen molar-refractivity contribution in [1.82, 2.24) is 9.13 Å². The van der Waals surface area contributed by atoms with Crippen LogP contribution in [0.3, 0.4) is 0 Å². The Kier molecular flexibility index (Phi) is 8.09. The molecule has 0 radical (unpaired) electrons. The van der Waals surface area contributed by atoms with Crippen molar-refractivity contribution < 1.29 is 0 Å². The van der Waals surface area contributed by atoms with Crippen molar-refractivity contribution in [2.24, 2.45) is 0 Å². The second kappa shape index (κ2) is 14.4. The summed E-state index contributed by atoms with van der Waals surface area (Å²) in [5.74, 6) is 0. The number of thiophene rings is 2. The SMILES string of the molecule is N#Cc1c(-n2c3ccccc3c3c(-c4ccc5c(c4)c4ccccc4n5-c4ccccc4)cccc32)ccc(-c2cccc3c2sc2ccccc23)c1-c1cccc2sc3ccccc3c12. The Labute approximate surface area is 387 Å². The molecule has 10 aromatic carbocycles. The smallest absolute Gasteiger partial charge is 0.102 e. The average Bonchev–Trinajstić information content (AvgIpc) is 4.14. The molecular weight excluding hydrogens is 839 g/mol. The first-order chi connectivity index (χ1) is 32.7. The third-order valence-corrected chi connectivity index (χ3v) is 16.0. The van der Waals surface area contributed by atoms with E-state index in [2.05, 4.69) is 228 Å². The summed E-state index contributed by atoms with van der Waals surface area (Å²) >= 11 is 3.64. The Hall–Kier alpha value is -8.27. The summed E-state index contributed by atoms with van der Waals surface area (Å²) in [4.78, 5) is 0. The molecule has 0 spiro atoms. The molecular formula is C61H35N3S2. The molecule has 5 heteroatoms. The van der Waals surface area contributed by atoms with Gasteiger partial charge in [-0.05, 0) is 89.0 Å². The summed E-state index contributed by atoms with van der Waals surface area (Å²) in [7, 11) is 0. The number of nitrogens with zero attached hydrogens (tertiary/aromatic N) is 3. The molecule has 0 saturated carbocycles. The molecule has 14 aromatic rings. The molecule has 0 fully saturated rings. The normalized spacial score (nSPS) is 11.9.